The van der Waals surface area contributed by atoms with Crippen molar-refractivity contribution >= 4 is 5.69 Å². The van der Waals surface area contributed by atoms with Crippen molar-refractivity contribution in [2.75, 3.05) is 5.32 Å². The Hall–Kier alpha value is -2.49. The van der Waals surface area contributed by atoms with Crippen molar-refractivity contribution in [3.63, 3.8) is 0 Å². The van der Waals surface area contributed by atoms with E-state index in [0.29, 0.717) is 18.1 Å². The Labute approximate surface area is 96.7 Å². The first-order valence-electron chi connectivity index (χ1n) is 4.85. The number of rotatable bonds is 3. The summed E-state index contributed by atoms with van der Waals surface area (Å²) in [4.78, 5) is 1.34. The quantitative estimate of drug-likeness (QED) is 0.847. The van der Waals surface area contributed by atoms with Gasteiger partial charge in [0.15, 0.2) is 5.82 Å². The molecule has 1 aromatic heterocycles. The fourth-order valence-electron chi connectivity index (χ4n) is 1.33. The van der Waals surface area contributed by atoms with Crippen molar-refractivity contribution in [1.29, 1.82) is 5.26 Å². The zero-order chi connectivity index (χ0) is 12.3. The van der Waals surface area contributed by atoms with Gasteiger partial charge in [-0.1, -0.05) is 0 Å². The van der Waals surface area contributed by atoms with E-state index in [-0.39, 0.29) is 5.56 Å². The summed E-state index contributed by atoms with van der Waals surface area (Å²) in [6.07, 6.45) is 0. The van der Waals surface area contributed by atoms with Crippen LogP contribution in [0.25, 0.3) is 0 Å². The van der Waals surface area contributed by atoms with Gasteiger partial charge in [0.05, 0.1) is 24.8 Å². The molecule has 0 unspecified atom stereocenters. The Kier molecular flexibility index (Phi) is 2.96. The number of aryl methyl sites for hydroxylation is 1. The van der Waals surface area contributed by atoms with Crippen molar-refractivity contribution in [3.05, 3.63) is 35.4 Å². The third-order valence-electron chi connectivity index (χ3n) is 2.09. The van der Waals surface area contributed by atoms with E-state index in [1.807, 2.05) is 6.07 Å². The van der Waals surface area contributed by atoms with Crippen LogP contribution >= 0.6 is 0 Å². The second-order valence-electron chi connectivity index (χ2n) is 3.35. The molecule has 0 aliphatic heterocycles. The molecule has 0 atom stereocenters. The van der Waals surface area contributed by atoms with Gasteiger partial charge in [-0.05, 0) is 23.4 Å². The second kappa shape index (κ2) is 4.57. The molecule has 2 rings (SSSR count). The van der Waals surface area contributed by atoms with E-state index in [1.54, 1.807) is 7.05 Å². The Morgan fingerprint density at radius 2 is 2.35 bits per heavy atom. The summed E-state index contributed by atoms with van der Waals surface area (Å²) in [5.41, 5.74) is 0.787. The van der Waals surface area contributed by atoms with Gasteiger partial charge < -0.3 is 5.32 Å². The number of tetrazole rings is 1. The molecule has 0 aliphatic rings. The number of anilines is 1. The predicted octanol–water partition coefficient (Wildman–Crippen LogP) is 0.833. The van der Waals surface area contributed by atoms with E-state index < -0.39 is 5.82 Å². The van der Waals surface area contributed by atoms with Gasteiger partial charge >= 0.3 is 0 Å². The monoisotopic (exact) mass is 232 g/mol. The number of halogens is 1. The second-order valence-corrected chi connectivity index (χ2v) is 3.35. The van der Waals surface area contributed by atoms with Crippen LogP contribution in [0, 0.1) is 17.1 Å². The lowest BCUT2D eigenvalue weighted by atomic mass is 10.2. The van der Waals surface area contributed by atoms with Crippen LogP contribution < -0.4 is 5.32 Å². The van der Waals surface area contributed by atoms with Crippen molar-refractivity contribution in [2.45, 2.75) is 6.54 Å². The highest BCUT2D eigenvalue weighted by molar-refractivity contribution is 5.57. The van der Waals surface area contributed by atoms with Crippen LogP contribution in [0.1, 0.15) is 11.4 Å². The molecule has 7 heteroatoms. The standard InChI is InChI=1S/C10H9FN6/c1-17-15-10(14-16-17)6-13-9-3-2-8(11)4-7(9)5-12/h2-4,13H,6H2,1H3. The third-order valence-corrected chi connectivity index (χ3v) is 2.09. The normalized spacial score (nSPS) is 9.94. The summed E-state index contributed by atoms with van der Waals surface area (Å²) in [5, 5.41) is 23.2. The number of nitriles is 1. The molecular formula is C10H9FN6. The molecule has 2 aromatic rings. The number of hydrogen-bond donors (Lipinski definition) is 1. The highest BCUT2D eigenvalue weighted by Gasteiger charge is 2.05. The Morgan fingerprint density at radius 1 is 1.53 bits per heavy atom. The summed E-state index contributed by atoms with van der Waals surface area (Å²) in [6, 6.07) is 5.88. The first kappa shape index (κ1) is 11.0. The zero-order valence-corrected chi connectivity index (χ0v) is 9.05. The summed E-state index contributed by atoms with van der Waals surface area (Å²) in [7, 11) is 1.66. The zero-order valence-electron chi connectivity index (χ0n) is 9.05. The van der Waals surface area contributed by atoms with E-state index in [1.165, 1.54) is 23.0 Å². The van der Waals surface area contributed by atoms with Gasteiger partial charge in [-0.2, -0.15) is 10.1 Å². The molecule has 0 fully saturated rings. The smallest absolute Gasteiger partial charge is 0.193 e. The molecule has 86 valence electrons. The molecule has 1 aromatic carbocycles. The van der Waals surface area contributed by atoms with Gasteiger partial charge in [-0.25, -0.2) is 4.39 Å². The predicted molar refractivity (Wildman–Crippen MR) is 57.2 cm³/mol. The number of nitrogens with zero attached hydrogens (tertiary/aromatic N) is 5. The minimum Gasteiger partial charge on any atom is -0.377 e. The Morgan fingerprint density at radius 3 is 3.00 bits per heavy atom. The molecule has 1 N–H and O–H groups in total. The van der Waals surface area contributed by atoms with Crippen molar-refractivity contribution in [2.24, 2.45) is 7.05 Å². The van der Waals surface area contributed by atoms with Crippen LogP contribution in [0.15, 0.2) is 18.2 Å². The molecule has 0 saturated heterocycles. The van der Waals surface area contributed by atoms with E-state index in [2.05, 4.69) is 20.7 Å². The number of hydrogen-bond acceptors (Lipinski definition) is 5. The molecule has 6 nitrogen and oxygen atoms in total. The lowest BCUT2D eigenvalue weighted by Gasteiger charge is -2.05. The summed E-state index contributed by atoms with van der Waals surface area (Å²) in [6.45, 7) is 0.328. The SMILES string of the molecule is Cn1nnc(CNc2ccc(F)cc2C#N)n1. The molecule has 0 radical (unpaired) electrons. The number of benzene rings is 1. The minimum atomic E-state index is -0.440. The Balaban J connectivity index is 2.12. The summed E-state index contributed by atoms with van der Waals surface area (Å²) >= 11 is 0. The van der Waals surface area contributed by atoms with E-state index in [4.69, 9.17) is 5.26 Å². The molecule has 0 spiro atoms. The number of nitrogens with one attached hydrogen (secondary N) is 1. The van der Waals surface area contributed by atoms with Crippen LogP contribution in [0.2, 0.25) is 0 Å². The van der Waals surface area contributed by atoms with Gasteiger partial charge in [0.2, 0.25) is 0 Å². The van der Waals surface area contributed by atoms with Gasteiger partial charge in [-0.3, -0.25) is 0 Å². The van der Waals surface area contributed by atoms with E-state index >= 15 is 0 Å². The van der Waals surface area contributed by atoms with Crippen LogP contribution in [0.5, 0.6) is 0 Å². The van der Waals surface area contributed by atoms with Crippen LogP contribution in [-0.2, 0) is 13.6 Å². The van der Waals surface area contributed by atoms with Crippen molar-refractivity contribution < 1.29 is 4.39 Å². The third kappa shape index (κ3) is 2.55. The average molecular weight is 232 g/mol. The van der Waals surface area contributed by atoms with E-state index in [9.17, 15) is 4.39 Å². The van der Waals surface area contributed by atoms with Gasteiger partial charge in [-0.15, -0.1) is 10.2 Å². The lowest BCUT2D eigenvalue weighted by Crippen LogP contribution is -2.04. The molecular weight excluding hydrogens is 223 g/mol. The Bertz CT molecular complexity index is 570. The van der Waals surface area contributed by atoms with E-state index in [0.717, 1.165) is 0 Å². The average Bonchev–Trinajstić information content (AvgIpc) is 2.73. The lowest BCUT2D eigenvalue weighted by molar-refractivity contribution is 0.627. The first-order valence-corrected chi connectivity index (χ1v) is 4.85. The molecule has 1 heterocycles. The molecule has 0 bridgehead atoms. The maximum Gasteiger partial charge on any atom is 0.193 e. The van der Waals surface area contributed by atoms with Gasteiger partial charge in [0, 0.05) is 0 Å². The van der Waals surface area contributed by atoms with Gasteiger partial charge in [0.25, 0.3) is 0 Å². The number of aromatic nitrogens is 4. The first-order chi connectivity index (χ1) is 8.19. The van der Waals surface area contributed by atoms with Crippen molar-refractivity contribution in [3.8, 4) is 6.07 Å². The van der Waals surface area contributed by atoms with Crippen LogP contribution in [-0.4, -0.2) is 20.2 Å². The highest BCUT2D eigenvalue weighted by Crippen LogP contribution is 2.16. The van der Waals surface area contributed by atoms with Crippen molar-refractivity contribution in [1.82, 2.24) is 20.2 Å². The fourth-order valence-corrected chi connectivity index (χ4v) is 1.33. The maximum absolute atomic E-state index is 12.9. The highest BCUT2D eigenvalue weighted by atomic mass is 19.1. The molecule has 17 heavy (non-hydrogen) atoms. The van der Waals surface area contributed by atoms with Crippen LogP contribution in [0.4, 0.5) is 10.1 Å². The molecule has 0 aliphatic carbocycles. The fraction of sp³-hybridized carbons (Fsp3) is 0.200. The topological polar surface area (TPSA) is 79.4 Å². The summed E-state index contributed by atoms with van der Waals surface area (Å²) < 4.78 is 12.9. The molecule has 0 amide bonds. The minimum absolute atomic E-state index is 0.244. The van der Waals surface area contributed by atoms with Crippen LogP contribution in [0.3, 0.4) is 0 Å². The summed E-state index contributed by atoms with van der Waals surface area (Å²) in [5.74, 6) is 0.0606. The molecule has 0 saturated carbocycles. The largest absolute Gasteiger partial charge is 0.377 e. The maximum atomic E-state index is 12.9. The van der Waals surface area contributed by atoms with Gasteiger partial charge in [0.1, 0.15) is 11.9 Å².